The molecule has 0 aliphatic rings. The number of aromatic nitrogens is 2. The maximum Gasteiger partial charge on any atom is 0.115 e. The molecule has 4 aromatic rings. The van der Waals surface area contributed by atoms with E-state index in [1.54, 1.807) is 24.3 Å². The highest BCUT2D eigenvalue weighted by Crippen LogP contribution is 2.37. The highest BCUT2D eigenvalue weighted by atomic mass is 16.3. The fraction of sp³-hybridized carbons (Fsp3) is 0.0870. The van der Waals surface area contributed by atoms with Crippen molar-refractivity contribution < 1.29 is 10.2 Å². The van der Waals surface area contributed by atoms with Crippen molar-refractivity contribution in [2.75, 3.05) is 0 Å². The molecule has 3 N–H and O–H groups in total. The summed E-state index contributed by atoms with van der Waals surface area (Å²) >= 11 is 0. The van der Waals surface area contributed by atoms with Gasteiger partial charge in [-0.1, -0.05) is 43.3 Å². The van der Waals surface area contributed by atoms with E-state index < -0.39 is 0 Å². The van der Waals surface area contributed by atoms with Crippen molar-refractivity contribution in [2.24, 2.45) is 0 Å². The first-order valence-electron chi connectivity index (χ1n) is 8.93. The minimum absolute atomic E-state index is 0.241. The van der Waals surface area contributed by atoms with Gasteiger partial charge in [0.05, 0.1) is 11.4 Å². The number of H-pyrrole nitrogens is 1. The average Bonchev–Trinajstić information content (AvgIpc) is 3.13. The molecule has 0 aliphatic heterocycles. The SMILES string of the molecule is CCc1c(-c2ccc(O)cc2)n[nH]c1-c1ccccc1-c1ccc(O)cc1. The molecule has 0 aliphatic carbocycles. The summed E-state index contributed by atoms with van der Waals surface area (Å²) in [6.07, 6.45) is 0.825. The third kappa shape index (κ3) is 3.17. The number of hydrogen-bond donors (Lipinski definition) is 3. The Kier molecular flexibility index (Phi) is 4.38. The van der Waals surface area contributed by atoms with E-state index in [1.165, 1.54) is 0 Å². The van der Waals surface area contributed by atoms with Crippen LogP contribution in [0, 0.1) is 0 Å². The fourth-order valence-corrected chi connectivity index (χ4v) is 3.38. The molecule has 1 aromatic heterocycles. The standard InChI is InChI=1S/C23H20N2O2/c1-2-19-22(16-9-13-18(27)14-10-16)24-25-23(19)21-6-4-3-5-20(21)15-7-11-17(26)12-8-15/h3-14,26-27H,2H2,1H3,(H,24,25). The van der Waals surface area contributed by atoms with Gasteiger partial charge < -0.3 is 10.2 Å². The van der Waals surface area contributed by atoms with E-state index in [2.05, 4.69) is 29.3 Å². The maximum atomic E-state index is 9.59. The molecule has 0 bridgehead atoms. The van der Waals surface area contributed by atoms with Gasteiger partial charge in [-0.25, -0.2) is 0 Å². The largest absolute Gasteiger partial charge is 0.508 e. The molecule has 0 atom stereocenters. The van der Waals surface area contributed by atoms with Crippen LogP contribution in [0.3, 0.4) is 0 Å². The Bertz CT molecular complexity index is 1060. The van der Waals surface area contributed by atoms with Gasteiger partial charge in [0.15, 0.2) is 0 Å². The van der Waals surface area contributed by atoms with E-state index in [-0.39, 0.29) is 11.5 Å². The minimum Gasteiger partial charge on any atom is -0.508 e. The molecule has 4 rings (SSSR count). The second-order valence-electron chi connectivity index (χ2n) is 6.42. The molecule has 0 radical (unpaired) electrons. The fourth-order valence-electron chi connectivity index (χ4n) is 3.38. The second-order valence-corrected chi connectivity index (χ2v) is 6.42. The summed E-state index contributed by atoms with van der Waals surface area (Å²) in [5.74, 6) is 0.492. The van der Waals surface area contributed by atoms with Crippen LogP contribution in [0.15, 0.2) is 72.8 Å². The quantitative estimate of drug-likeness (QED) is 0.459. The number of phenols is 2. The number of hydrogen-bond acceptors (Lipinski definition) is 3. The van der Waals surface area contributed by atoms with Gasteiger partial charge in [-0.05, 0) is 53.9 Å². The first kappa shape index (κ1) is 16.9. The van der Waals surface area contributed by atoms with Crippen molar-refractivity contribution in [1.29, 1.82) is 0 Å². The van der Waals surface area contributed by atoms with Gasteiger partial charge >= 0.3 is 0 Å². The number of benzene rings is 3. The van der Waals surface area contributed by atoms with Crippen LogP contribution in [0.25, 0.3) is 33.6 Å². The summed E-state index contributed by atoms with van der Waals surface area (Å²) < 4.78 is 0. The Labute approximate surface area is 157 Å². The predicted octanol–water partition coefficient (Wildman–Crippen LogP) is 5.38. The van der Waals surface area contributed by atoms with E-state index in [0.717, 1.165) is 45.6 Å². The molecule has 4 nitrogen and oxygen atoms in total. The highest BCUT2D eigenvalue weighted by molar-refractivity contribution is 5.85. The number of phenolic OH excluding ortho intramolecular Hbond substituents is 2. The molecule has 1 heterocycles. The molecule has 134 valence electrons. The summed E-state index contributed by atoms with van der Waals surface area (Å²) in [7, 11) is 0. The van der Waals surface area contributed by atoms with Crippen LogP contribution in [-0.2, 0) is 6.42 Å². The zero-order chi connectivity index (χ0) is 18.8. The maximum absolute atomic E-state index is 9.59. The molecule has 0 saturated carbocycles. The van der Waals surface area contributed by atoms with E-state index in [0.29, 0.717) is 0 Å². The number of rotatable bonds is 4. The lowest BCUT2D eigenvalue weighted by Gasteiger charge is -2.11. The van der Waals surface area contributed by atoms with E-state index in [4.69, 9.17) is 0 Å². The van der Waals surface area contributed by atoms with Gasteiger partial charge in [0.25, 0.3) is 0 Å². The number of aromatic hydroxyl groups is 2. The van der Waals surface area contributed by atoms with Gasteiger partial charge in [-0.3, -0.25) is 5.10 Å². The van der Waals surface area contributed by atoms with E-state index in [9.17, 15) is 10.2 Å². The lowest BCUT2D eigenvalue weighted by Crippen LogP contribution is -1.90. The van der Waals surface area contributed by atoms with Gasteiger partial charge in [0.1, 0.15) is 11.5 Å². The third-order valence-corrected chi connectivity index (χ3v) is 4.74. The minimum atomic E-state index is 0.241. The molecule has 0 unspecified atom stereocenters. The Morgan fingerprint density at radius 2 is 1.30 bits per heavy atom. The van der Waals surface area contributed by atoms with Gasteiger partial charge in [0.2, 0.25) is 0 Å². The molecular weight excluding hydrogens is 336 g/mol. The van der Waals surface area contributed by atoms with E-state index in [1.807, 2.05) is 36.4 Å². The van der Waals surface area contributed by atoms with Crippen molar-refractivity contribution in [3.8, 4) is 45.1 Å². The average molecular weight is 356 g/mol. The summed E-state index contributed by atoms with van der Waals surface area (Å²) in [5, 5.41) is 26.9. The Morgan fingerprint density at radius 1 is 0.741 bits per heavy atom. The first-order chi connectivity index (χ1) is 13.2. The first-order valence-corrected chi connectivity index (χ1v) is 8.93. The summed E-state index contributed by atoms with van der Waals surface area (Å²) in [6, 6.07) is 22.5. The zero-order valence-electron chi connectivity index (χ0n) is 15.0. The molecule has 3 aromatic carbocycles. The van der Waals surface area contributed by atoms with Crippen LogP contribution < -0.4 is 0 Å². The number of nitrogens with one attached hydrogen (secondary N) is 1. The van der Waals surface area contributed by atoms with Crippen LogP contribution in [-0.4, -0.2) is 20.4 Å². The van der Waals surface area contributed by atoms with Crippen molar-refractivity contribution in [1.82, 2.24) is 10.2 Å². The summed E-state index contributed by atoms with van der Waals surface area (Å²) in [6.45, 7) is 2.11. The second kappa shape index (κ2) is 7.00. The van der Waals surface area contributed by atoms with E-state index >= 15 is 0 Å². The van der Waals surface area contributed by atoms with Crippen molar-refractivity contribution in [3.05, 3.63) is 78.4 Å². The third-order valence-electron chi connectivity index (χ3n) is 4.74. The van der Waals surface area contributed by atoms with Gasteiger partial charge in [-0.15, -0.1) is 0 Å². The highest BCUT2D eigenvalue weighted by Gasteiger charge is 2.17. The Balaban J connectivity index is 1.85. The number of nitrogens with zero attached hydrogens (tertiary/aromatic N) is 1. The van der Waals surface area contributed by atoms with Crippen molar-refractivity contribution in [3.63, 3.8) is 0 Å². The summed E-state index contributed by atoms with van der Waals surface area (Å²) in [5.41, 5.74) is 7.16. The van der Waals surface area contributed by atoms with Crippen molar-refractivity contribution >= 4 is 0 Å². The molecular formula is C23H20N2O2. The molecule has 0 saturated heterocycles. The monoisotopic (exact) mass is 356 g/mol. The zero-order valence-corrected chi connectivity index (χ0v) is 15.0. The van der Waals surface area contributed by atoms with Crippen LogP contribution >= 0.6 is 0 Å². The lowest BCUT2D eigenvalue weighted by molar-refractivity contribution is 0.475. The molecule has 4 heteroatoms. The normalized spacial score (nSPS) is 10.9. The Hall–Kier alpha value is -3.53. The summed E-state index contributed by atoms with van der Waals surface area (Å²) in [4.78, 5) is 0. The lowest BCUT2D eigenvalue weighted by atomic mass is 9.93. The van der Waals surface area contributed by atoms with Crippen LogP contribution in [0.2, 0.25) is 0 Å². The molecule has 0 amide bonds. The molecule has 27 heavy (non-hydrogen) atoms. The molecule has 0 spiro atoms. The van der Waals surface area contributed by atoms with Gasteiger partial charge in [0, 0.05) is 16.7 Å². The molecule has 0 fully saturated rings. The van der Waals surface area contributed by atoms with Crippen LogP contribution in [0.1, 0.15) is 12.5 Å². The number of aromatic amines is 1. The predicted molar refractivity (Wildman–Crippen MR) is 108 cm³/mol. The van der Waals surface area contributed by atoms with Crippen LogP contribution in [0.4, 0.5) is 0 Å². The Morgan fingerprint density at radius 3 is 1.89 bits per heavy atom. The topological polar surface area (TPSA) is 69.1 Å². The smallest absolute Gasteiger partial charge is 0.115 e. The van der Waals surface area contributed by atoms with Gasteiger partial charge in [-0.2, -0.15) is 5.10 Å². The van der Waals surface area contributed by atoms with Crippen molar-refractivity contribution in [2.45, 2.75) is 13.3 Å². The van der Waals surface area contributed by atoms with Crippen LogP contribution in [0.5, 0.6) is 11.5 Å².